The van der Waals surface area contributed by atoms with Gasteiger partial charge >= 0.3 is 5.97 Å². The van der Waals surface area contributed by atoms with E-state index in [1.54, 1.807) is 0 Å². The highest BCUT2D eigenvalue weighted by Crippen LogP contribution is 2.42. The lowest BCUT2D eigenvalue weighted by Gasteiger charge is -2.26. The predicted octanol–water partition coefficient (Wildman–Crippen LogP) is 3.47. The van der Waals surface area contributed by atoms with Crippen LogP contribution in [-0.2, 0) is 4.79 Å². The van der Waals surface area contributed by atoms with Crippen molar-refractivity contribution in [2.45, 2.75) is 25.3 Å². The standard InChI is InChI=1S/C18H19NO4/c19-18-13-5-1-2-6-15(13)23-16-9-8-12(11-14(16)18)22-10-4-3-7-17(20)21/h1-2,5-6,8-9,11,18H,3-4,7,10,19H2,(H,20,21). The summed E-state index contributed by atoms with van der Waals surface area (Å²) in [6, 6.07) is 13.1. The highest BCUT2D eigenvalue weighted by atomic mass is 16.5. The van der Waals surface area contributed by atoms with Crippen LogP contribution < -0.4 is 15.2 Å². The van der Waals surface area contributed by atoms with Crippen molar-refractivity contribution in [3.63, 3.8) is 0 Å². The number of rotatable bonds is 6. The fraction of sp³-hybridized carbons (Fsp3) is 0.278. The third-order valence-electron chi connectivity index (χ3n) is 3.84. The van der Waals surface area contributed by atoms with Crippen molar-refractivity contribution >= 4 is 5.97 Å². The molecule has 0 aliphatic carbocycles. The summed E-state index contributed by atoms with van der Waals surface area (Å²) in [5.41, 5.74) is 8.19. The van der Waals surface area contributed by atoms with Crippen molar-refractivity contribution in [2.24, 2.45) is 5.73 Å². The Balaban J connectivity index is 1.66. The molecule has 3 N–H and O–H groups in total. The SMILES string of the molecule is NC1c2ccccc2Oc2ccc(OCCCCC(=O)O)cc21. The normalized spacial score (nSPS) is 15.3. The number of carboxylic acids is 1. The number of aliphatic carboxylic acids is 1. The Bertz CT molecular complexity index is 714. The summed E-state index contributed by atoms with van der Waals surface area (Å²) < 4.78 is 11.6. The molecule has 0 bridgehead atoms. The van der Waals surface area contributed by atoms with Crippen molar-refractivity contribution < 1.29 is 19.4 Å². The van der Waals surface area contributed by atoms with Crippen molar-refractivity contribution in [3.8, 4) is 17.2 Å². The molecule has 0 spiro atoms. The van der Waals surface area contributed by atoms with E-state index in [4.69, 9.17) is 20.3 Å². The Hall–Kier alpha value is -2.53. The lowest BCUT2D eigenvalue weighted by atomic mass is 9.95. The summed E-state index contributed by atoms with van der Waals surface area (Å²) >= 11 is 0. The summed E-state index contributed by atoms with van der Waals surface area (Å²) in [7, 11) is 0. The lowest BCUT2D eigenvalue weighted by Crippen LogP contribution is -2.17. The van der Waals surface area contributed by atoms with E-state index in [9.17, 15) is 4.79 Å². The second kappa shape index (κ2) is 6.71. The minimum Gasteiger partial charge on any atom is -0.494 e. The van der Waals surface area contributed by atoms with Gasteiger partial charge in [0.25, 0.3) is 0 Å². The van der Waals surface area contributed by atoms with E-state index in [2.05, 4.69) is 0 Å². The Kier molecular flexibility index (Phi) is 4.48. The van der Waals surface area contributed by atoms with Crippen molar-refractivity contribution in [3.05, 3.63) is 53.6 Å². The maximum atomic E-state index is 10.5. The molecular weight excluding hydrogens is 294 g/mol. The van der Waals surface area contributed by atoms with Gasteiger partial charge in [-0.25, -0.2) is 0 Å². The van der Waals surface area contributed by atoms with Gasteiger partial charge in [0.15, 0.2) is 0 Å². The zero-order valence-electron chi connectivity index (χ0n) is 12.7. The highest BCUT2D eigenvalue weighted by Gasteiger charge is 2.24. The van der Waals surface area contributed by atoms with Gasteiger partial charge in [0.05, 0.1) is 12.6 Å². The van der Waals surface area contributed by atoms with E-state index in [-0.39, 0.29) is 12.5 Å². The number of hydrogen-bond acceptors (Lipinski definition) is 4. The number of fused-ring (bicyclic) bond motifs is 2. The first kappa shape index (κ1) is 15.4. The highest BCUT2D eigenvalue weighted by molar-refractivity contribution is 5.66. The Morgan fingerprint density at radius 1 is 1.13 bits per heavy atom. The van der Waals surface area contributed by atoms with Gasteiger partial charge in [-0.2, -0.15) is 0 Å². The topological polar surface area (TPSA) is 81.8 Å². The molecule has 1 atom stereocenters. The average Bonchev–Trinajstić information content (AvgIpc) is 2.55. The molecule has 23 heavy (non-hydrogen) atoms. The molecule has 1 unspecified atom stereocenters. The molecule has 1 aliphatic rings. The molecule has 2 aromatic rings. The fourth-order valence-corrected chi connectivity index (χ4v) is 2.64. The van der Waals surface area contributed by atoms with Gasteiger partial charge in [0.1, 0.15) is 17.2 Å². The number of hydrogen-bond donors (Lipinski definition) is 2. The number of benzene rings is 2. The zero-order chi connectivity index (χ0) is 16.2. The Morgan fingerprint density at radius 3 is 2.74 bits per heavy atom. The molecule has 0 saturated heterocycles. The molecule has 0 radical (unpaired) electrons. The van der Waals surface area contributed by atoms with Gasteiger partial charge in [-0.3, -0.25) is 4.79 Å². The van der Waals surface area contributed by atoms with Crippen LogP contribution in [0.4, 0.5) is 0 Å². The molecule has 5 heteroatoms. The third-order valence-corrected chi connectivity index (χ3v) is 3.84. The first-order chi connectivity index (χ1) is 11.1. The van der Waals surface area contributed by atoms with Crippen LogP contribution in [0.15, 0.2) is 42.5 Å². The van der Waals surface area contributed by atoms with Crippen LogP contribution in [0.25, 0.3) is 0 Å². The predicted molar refractivity (Wildman–Crippen MR) is 86.0 cm³/mol. The van der Waals surface area contributed by atoms with Crippen molar-refractivity contribution in [1.82, 2.24) is 0 Å². The Labute approximate surface area is 134 Å². The van der Waals surface area contributed by atoms with E-state index in [1.807, 2.05) is 42.5 Å². The number of unbranched alkanes of at least 4 members (excludes halogenated alkanes) is 1. The van der Waals surface area contributed by atoms with Crippen molar-refractivity contribution in [1.29, 1.82) is 0 Å². The van der Waals surface area contributed by atoms with Crippen LogP contribution >= 0.6 is 0 Å². The van der Waals surface area contributed by atoms with Gasteiger partial charge in [-0.15, -0.1) is 0 Å². The van der Waals surface area contributed by atoms with Crippen LogP contribution in [0.2, 0.25) is 0 Å². The minimum absolute atomic E-state index is 0.170. The second-order valence-corrected chi connectivity index (χ2v) is 5.52. The number of ether oxygens (including phenoxy) is 2. The molecule has 0 amide bonds. The lowest BCUT2D eigenvalue weighted by molar-refractivity contribution is -0.137. The molecule has 1 aliphatic heterocycles. The van der Waals surface area contributed by atoms with Crippen LogP contribution in [-0.4, -0.2) is 17.7 Å². The summed E-state index contributed by atoms with van der Waals surface area (Å²) in [5.74, 6) is 1.47. The summed E-state index contributed by atoms with van der Waals surface area (Å²) in [6.07, 6.45) is 1.48. The molecule has 2 aromatic carbocycles. The first-order valence-electron chi connectivity index (χ1n) is 7.66. The number of para-hydroxylation sites is 1. The molecule has 0 saturated carbocycles. The van der Waals surface area contributed by atoms with E-state index >= 15 is 0 Å². The minimum atomic E-state index is -0.777. The van der Waals surface area contributed by atoms with Gasteiger partial charge in [0.2, 0.25) is 0 Å². The fourth-order valence-electron chi connectivity index (χ4n) is 2.64. The second-order valence-electron chi connectivity index (χ2n) is 5.52. The zero-order valence-corrected chi connectivity index (χ0v) is 12.7. The molecule has 1 heterocycles. The smallest absolute Gasteiger partial charge is 0.303 e. The van der Waals surface area contributed by atoms with E-state index < -0.39 is 5.97 Å². The van der Waals surface area contributed by atoms with Crippen LogP contribution in [0, 0.1) is 0 Å². The molecule has 3 rings (SSSR count). The van der Waals surface area contributed by atoms with Crippen LogP contribution in [0.1, 0.15) is 36.4 Å². The number of nitrogens with two attached hydrogens (primary N) is 1. The summed E-state index contributed by atoms with van der Waals surface area (Å²) in [6.45, 7) is 0.485. The maximum Gasteiger partial charge on any atom is 0.303 e. The third kappa shape index (κ3) is 3.46. The molecule has 5 nitrogen and oxygen atoms in total. The molecule has 0 fully saturated rings. The summed E-state index contributed by atoms with van der Waals surface area (Å²) in [4.78, 5) is 10.5. The van der Waals surface area contributed by atoms with E-state index in [0.29, 0.717) is 19.4 Å². The van der Waals surface area contributed by atoms with Gasteiger partial charge in [-0.1, -0.05) is 18.2 Å². The van der Waals surface area contributed by atoms with Gasteiger partial charge < -0.3 is 20.3 Å². The van der Waals surface area contributed by atoms with Gasteiger partial charge in [-0.05, 0) is 37.1 Å². The molecule has 120 valence electrons. The quantitative estimate of drug-likeness (QED) is 0.798. The monoisotopic (exact) mass is 313 g/mol. The maximum absolute atomic E-state index is 10.5. The Morgan fingerprint density at radius 2 is 1.91 bits per heavy atom. The van der Waals surface area contributed by atoms with Crippen LogP contribution in [0.3, 0.4) is 0 Å². The van der Waals surface area contributed by atoms with E-state index in [0.717, 1.165) is 28.4 Å². The summed E-state index contributed by atoms with van der Waals surface area (Å²) in [5, 5.41) is 8.60. The average molecular weight is 313 g/mol. The van der Waals surface area contributed by atoms with E-state index in [1.165, 1.54) is 0 Å². The first-order valence-corrected chi connectivity index (χ1v) is 7.66. The van der Waals surface area contributed by atoms with Crippen molar-refractivity contribution in [2.75, 3.05) is 6.61 Å². The number of carboxylic acid groups (broad SMARTS) is 1. The molecular formula is C18H19NO4. The largest absolute Gasteiger partial charge is 0.494 e. The van der Waals surface area contributed by atoms with Crippen LogP contribution in [0.5, 0.6) is 17.2 Å². The molecule has 0 aromatic heterocycles. The number of carbonyl (C=O) groups is 1. The van der Waals surface area contributed by atoms with Gasteiger partial charge in [0, 0.05) is 17.5 Å².